The lowest BCUT2D eigenvalue weighted by Gasteiger charge is -2.08. The first-order valence-corrected chi connectivity index (χ1v) is 7.55. The lowest BCUT2D eigenvalue weighted by molar-refractivity contribution is -0.384. The van der Waals surface area contributed by atoms with E-state index in [9.17, 15) is 19.7 Å². The van der Waals surface area contributed by atoms with Crippen molar-refractivity contribution < 1.29 is 23.6 Å². The third-order valence-corrected chi connectivity index (χ3v) is 3.54. The van der Waals surface area contributed by atoms with Crippen LogP contribution in [0.4, 0.5) is 5.69 Å². The summed E-state index contributed by atoms with van der Waals surface area (Å²) < 4.78 is 15.5. The highest BCUT2D eigenvalue weighted by Crippen LogP contribution is 2.23. The Balaban J connectivity index is 1.68. The first-order valence-electron chi connectivity index (χ1n) is 7.55. The van der Waals surface area contributed by atoms with Gasteiger partial charge >= 0.3 is 11.6 Å². The Hall–Kier alpha value is -3.68. The van der Waals surface area contributed by atoms with Crippen LogP contribution in [0, 0.1) is 17.0 Å². The van der Waals surface area contributed by atoms with Gasteiger partial charge in [-0.3, -0.25) is 10.1 Å². The van der Waals surface area contributed by atoms with Gasteiger partial charge in [0.2, 0.25) is 0 Å². The first-order chi connectivity index (χ1) is 12.4. The summed E-state index contributed by atoms with van der Waals surface area (Å²) in [4.78, 5) is 33.4. The monoisotopic (exact) mass is 355 g/mol. The third-order valence-electron chi connectivity index (χ3n) is 3.54. The van der Waals surface area contributed by atoms with Crippen LogP contribution in [-0.4, -0.2) is 17.5 Å². The zero-order valence-electron chi connectivity index (χ0n) is 13.6. The van der Waals surface area contributed by atoms with Gasteiger partial charge in [-0.05, 0) is 30.7 Å². The molecule has 0 aliphatic rings. The molecule has 1 aromatic heterocycles. The van der Waals surface area contributed by atoms with Gasteiger partial charge in [-0.15, -0.1) is 0 Å². The van der Waals surface area contributed by atoms with Crippen molar-refractivity contribution in [3.05, 3.63) is 74.6 Å². The van der Waals surface area contributed by atoms with Crippen molar-refractivity contribution in [2.75, 3.05) is 6.61 Å². The number of carbonyl (C=O) groups is 1. The van der Waals surface area contributed by atoms with Gasteiger partial charge in [-0.25, -0.2) is 9.59 Å². The lowest BCUT2D eigenvalue weighted by atomic mass is 10.1. The van der Waals surface area contributed by atoms with Crippen LogP contribution in [0.25, 0.3) is 11.0 Å². The molecular weight excluding hydrogens is 342 g/mol. The highest BCUT2D eigenvalue weighted by molar-refractivity contribution is 5.81. The average molecular weight is 355 g/mol. The van der Waals surface area contributed by atoms with Crippen molar-refractivity contribution in [3.63, 3.8) is 0 Å². The van der Waals surface area contributed by atoms with E-state index in [1.807, 2.05) is 0 Å². The van der Waals surface area contributed by atoms with Gasteiger partial charge in [-0.2, -0.15) is 0 Å². The Morgan fingerprint density at radius 3 is 2.73 bits per heavy atom. The van der Waals surface area contributed by atoms with Crippen molar-refractivity contribution in [2.45, 2.75) is 6.92 Å². The average Bonchev–Trinajstić information content (AvgIpc) is 2.59. The van der Waals surface area contributed by atoms with E-state index in [0.717, 1.165) is 17.0 Å². The maximum atomic E-state index is 11.8. The number of ether oxygens (including phenoxy) is 2. The second kappa shape index (κ2) is 7.06. The number of hydrogen-bond donors (Lipinski definition) is 0. The fourth-order valence-electron chi connectivity index (χ4n) is 2.36. The highest BCUT2D eigenvalue weighted by atomic mass is 16.6. The second-order valence-corrected chi connectivity index (χ2v) is 5.42. The van der Waals surface area contributed by atoms with E-state index in [1.165, 1.54) is 30.3 Å². The zero-order chi connectivity index (χ0) is 18.7. The SMILES string of the molecule is Cc1cc(=O)oc2cc(OCC(=O)Oc3cccc([N+](=O)[O-])c3)ccc12. The second-order valence-electron chi connectivity index (χ2n) is 5.42. The number of carbonyl (C=O) groups excluding carboxylic acids is 1. The van der Waals surface area contributed by atoms with Crippen LogP contribution in [0.3, 0.4) is 0 Å². The molecule has 0 spiro atoms. The van der Waals surface area contributed by atoms with Crippen LogP contribution in [0.15, 0.2) is 57.7 Å². The topological polar surface area (TPSA) is 109 Å². The van der Waals surface area contributed by atoms with Crippen molar-refractivity contribution >= 4 is 22.6 Å². The molecule has 8 nitrogen and oxygen atoms in total. The number of nitro benzene ring substituents is 1. The first kappa shape index (κ1) is 17.2. The number of benzene rings is 2. The van der Waals surface area contributed by atoms with Crippen molar-refractivity contribution in [2.24, 2.45) is 0 Å². The maximum absolute atomic E-state index is 11.8. The lowest BCUT2D eigenvalue weighted by Crippen LogP contribution is -2.17. The van der Waals surface area contributed by atoms with Gasteiger partial charge in [-0.1, -0.05) is 6.07 Å². The molecule has 0 bridgehead atoms. The summed E-state index contributed by atoms with van der Waals surface area (Å²) in [6.45, 7) is 1.38. The van der Waals surface area contributed by atoms with E-state index < -0.39 is 23.1 Å². The molecule has 132 valence electrons. The van der Waals surface area contributed by atoms with Gasteiger partial charge < -0.3 is 13.9 Å². The van der Waals surface area contributed by atoms with Crippen molar-refractivity contribution in [3.8, 4) is 11.5 Å². The number of hydrogen-bond acceptors (Lipinski definition) is 7. The van der Waals surface area contributed by atoms with Crippen LogP contribution in [0.2, 0.25) is 0 Å². The largest absolute Gasteiger partial charge is 0.482 e. The Labute approximate surface area is 146 Å². The summed E-state index contributed by atoms with van der Waals surface area (Å²) in [6.07, 6.45) is 0. The molecule has 8 heteroatoms. The fourth-order valence-corrected chi connectivity index (χ4v) is 2.36. The van der Waals surface area contributed by atoms with Crippen molar-refractivity contribution in [1.29, 1.82) is 0 Å². The van der Waals surface area contributed by atoms with E-state index in [-0.39, 0.29) is 11.4 Å². The van der Waals surface area contributed by atoms with E-state index in [0.29, 0.717) is 11.3 Å². The van der Waals surface area contributed by atoms with Crippen LogP contribution >= 0.6 is 0 Å². The summed E-state index contributed by atoms with van der Waals surface area (Å²) in [7, 11) is 0. The predicted molar refractivity (Wildman–Crippen MR) is 91.4 cm³/mol. The summed E-state index contributed by atoms with van der Waals surface area (Å²) in [6, 6.07) is 11.5. The van der Waals surface area contributed by atoms with Crippen molar-refractivity contribution in [1.82, 2.24) is 0 Å². The standard InChI is InChI=1S/C18H13NO7/c1-11-7-17(20)26-16-9-13(5-6-15(11)16)24-10-18(21)25-14-4-2-3-12(8-14)19(22)23/h2-9H,10H2,1H3. The van der Waals surface area contributed by atoms with E-state index >= 15 is 0 Å². The predicted octanol–water partition coefficient (Wildman–Crippen LogP) is 2.99. The van der Waals surface area contributed by atoms with Crippen LogP contribution < -0.4 is 15.1 Å². The Bertz CT molecular complexity index is 1050. The third kappa shape index (κ3) is 3.86. The summed E-state index contributed by atoms with van der Waals surface area (Å²) in [5.41, 5.74) is 0.459. The summed E-state index contributed by atoms with van der Waals surface area (Å²) in [5, 5.41) is 11.5. The number of esters is 1. The molecule has 3 rings (SSSR count). The number of nitro groups is 1. The van der Waals surface area contributed by atoms with Gasteiger partial charge in [0.05, 0.1) is 11.0 Å². The molecule has 0 radical (unpaired) electrons. The molecular formula is C18H13NO7. The van der Waals surface area contributed by atoms with Gasteiger partial charge in [0, 0.05) is 23.6 Å². The molecule has 0 N–H and O–H groups in total. The van der Waals surface area contributed by atoms with Gasteiger partial charge in [0.25, 0.3) is 5.69 Å². The maximum Gasteiger partial charge on any atom is 0.349 e. The molecule has 0 saturated heterocycles. The minimum atomic E-state index is -0.726. The summed E-state index contributed by atoms with van der Waals surface area (Å²) >= 11 is 0. The molecule has 0 aliphatic heterocycles. The van der Waals surface area contributed by atoms with E-state index in [4.69, 9.17) is 13.9 Å². The number of rotatable bonds is 5. The normalized spacial score (nSPS) is 10.5. The van der Waals surface area contributed by atoms with E-state index in [1.54, 1.807) is 19.1 Å². The zero-order valence-corrected chi connectivity index (χ0v) is 13.6. The van der Waals surface area contributed by atoms with Gasteiger partial charge in [0.1, 0.15) is 17.1 Å². The van der Waals surface area contributed by atoms with Crippen LogP contribution in [-0.2, 0) is 4.79 Å². The quantitative estimate of drug-likeness (QED) is 0.227. The molecule has 0 amide bonds. The van der Waals surface area contributed by atoms with Crippen LogP contribution in [0.5, 0.6) is 11.5 Å². The Morgan fingerprint density at radius 1 is 1.15 bits per heavy atom. The molecule has 1 heterocycles. The van der Waals surface area contributed by atoms with Gasteiger partial charge in [0.15, 0.2) is 6.61 Å². The minimum Gasteiger partial charge on any atom is -0.482 e. The van der Waals surface area contributed by atoms with Crippen LogP contribution in [0.1, 0.15) is 5.56 Å². The molecule has 3 aromatic rings. The number of nitrogens with zero attached hydrogens (tertiary/aromatic N) is 1. The number of aryl methyl sites for hydroxylation is 1. The van der Waals surface area contributed by atoms with E-state index in [2.05, 4.69) is 0 Å². The fraction of sp³-hybridized carbons (Fsp3) is 0.111. The molecule has 26 heavy (non-hydrogen) atoms. The molecule has 0 fully saturated rings. The number of fused-ring (bicyclic) bond motifs is 1. The Morgan fingerprint density at radius 2 is 1.96 bits per heavy atom. The smallest absolute Gasteiger partial charge is 0.349 e. The molecule has 0 atom stereocenters. The molecule has 0 aliphatic carbocycles. The number of non-ortho nitro benzene ring substituents is 1. The molecule has 0 saturated carbocycles. The molecule has 0 unspecified atom stereocenters. The molecule has 2 aromatic carbocycles. The Kier molecular flexibility index (Phi) is 4.66. The minimum absolute atomic E-state index is 0.0490. The highest BCUT2D eigenvalue weighted by Gasteiger charge is 2.11. The summed E-state index contributed by atoms with van der Waals surface area (Å²) in [5.74, 6) is -0.355.